The van der Waals surface area contributed by atoms with Gasteiger partial charge < -0.3 is 11.1 Å². The van der Waals surface area contributed by atoms with Crippen LogP contribution in [0.4, 0.5) is 11.4 Å². The van der Waals surface area contributed by atoms with Crippen LogP contribution in [0, 0.1) is 0 Å². The predicted octanol–water partition coefficient (Wildman–Crippen LogP) is 0.876. The smallest absolute Gasteiger partial charge is 0.242 e. The van der Waals surface area contributed by atoms with Crippen LogP contribution in [0.3, 0.4) is 0 Å². The topological polar surface area (TPSA) is 102 Å². The molecule has 7 nitrogen and oxygen atoms in total. The van der Waals surface area contributed by atoms with Crippen LogP contribution >= 0.6 is 0 Å². The van der Waals surface area contributed by atoms with E-state index in [1.807, 2.05) is 16.9 Å². The predicted molar refractivity (Wildman–Crippen MR) is 82.4 cm³/mol. The average Bonchev–Trinajstić information content (AvgIpc) is 2.98. The molecule has 1 aromatic carbocycles. The summed E-state index contributed by atoms with van der Waals surface area (Å²) in [6, 6.07) is 6.66. The Balaban J connectivity index is 2.02. The van der Waals surface area contributed by atoms with Gasteiger partial charge in [-0.1, -0.05) is 0 Å². The Labute approximate surface area is 124 Å². The molecule has 0 spiro atoms. The van der Waals surface area contributed by atoms with Gasteiger partial charge in [0.2, 0.25) is 10.0 Å². The minimum absolute atomic E-state index is 0.157. The van der Waals surface area contributed by atoms with Crippen LogP contribution in [-0.4, -0.2) is 31.8 Å². The lowest BCUT2D eigenvalue weighted by molar-refractivity contribution is 0.586. The van der Waals surface area contributed by atoms with Gasteiger partial charge in [0.05, 0.1) is 5.69 Å². The summed E-state index contributed by atoms with van der Waals surface area (Å²) in [7, 11) is -2.17. The van der Waals surface area contributed by atoms with Crippen molar-refractivity contribution in [1.29, 1.82) is 0 Å². The van der Waals surface area contributed by atoms with Crippen LogP contribution in [0.1, 0.15) is 6.42 Å². The minimum Gasteiger partial charge on any atom is -0.399 e. The van der Waals surface area contributed by atoms with E-state index in [1.165, 1.54) is 13.1 Å². The summed E-state index contributed by atoms with van der Waals surface area (Å²) < 4.78 is 28.1. The summed E-state index contributed by atoms with van der Waals surface area (Å²) in [5, 5.41) is 7.24. The molecule has 114 valence electrons. The number of nitrogens with one attached hydrogen (secondary N) is 2. The molecular weight excluding hydrogens is 290 g/mol. The number of sulfonamides is 1. The van der Waals surface area contributed by atoms with Crippen LogP contribution in [-0.2, 0) is 16.6 Å². The molecule has 0 amide bonds. The van der Waals surface area contributed by atoms with Crippen molar-refractivity contribution in [2.45, 2.75) is 17.9 Å². The number of benzene rings is 1. The second-order valence-corrected chi connectivity index (χ2v) is 6.37. The van der Waals surface area contributed by atoms with Gasteiger partial charge in [-0.05, 0) is 37.7 Å². The van der Waals surface area contributed by atoms with Gasteiger partial charge in [0.25, 0.3) is 0 Å². The maximum absolute atomic E-state index is 12.0. The molecule has 0 fully saturated rings. The monoisotopic (exact) mass is 309 g/mol. The molecule has 2 rings (SSSR count). The van der Waals surface area contributed by atoms with Crippen molar-refractivity contribution in [2.75, 3.05) is 24.6 Å². The lowest BCUT2D eigenvalue weighted by Crippen LogP contribution is -2.20. The molecule has 21 heavy (non-hydrogen) atoms. The molecule has 0 saturated heterocycles. The molecule has 0 saturated carbocycles. The third-order valence-electron chi connectivity index (χ3n) is 3.00. The molecule has 4 N–H and O–H groups in total. The summed E-state index contributed by atoms with van der Waals surface area (Å²) in [6.45, 7) is 1.40. The molecule has 0 aliphatic heterocycles. The first-order valence-electron chi connectivity index (χ1n) is 6.57. The Hall–Kier alpha value is -2.06. The number of aryl methyl sites for hydroxylation is 1. The van der Waals surface area contributed by atoms with Gasteiger partial charge in [-0.15, -0.1) is 0 Å². The fourth-order valence-corrected chi connectivity index (χ4v) is 2.85. The third-order valence-corrected chi connectivity index (χ3v) is 4.46. The molecule has 0 unspecified atom stereocenters. The highest BCUT2D eigenvalue weighted by molar-refractivity contribution is 7.89. The second kappa shape index (κ2) is 6.59. The van der Waals surface area contributed by atoms with Crippen molar-refractivity contribution in [2.24, 2.45) is 0 Å². The highest BCUT2D eigenvalue weighted by atomic mass is 32.2. The van der Waals surface area contributed by atoms with Crippen molar-refractivity contribution < 1.29 is 8.42 Å². The van der Waals surface area contributed by atoms with E-state index in [9.17, 15) is 8.42 Å². The van der Waals surface area contributed by atoms with E-state index in [-0.39, 0.29) is 4.90 Å². The summed E-state index contributed by atoms with van der Waals surface area (Å²) in [5.41, 5.74) is 6.62. The Bertz CT molecular complexity index is 683. The van der Waals surface area contributed by atoms with Gasteiger partial charge in [-0.2, -0.15) is 5.10 Å². The van der Waals surface area contributed by atoms with E-state index in [0.717, 1.165) is 13.0 Å². The Morgan fingerprint density at radius 2 is 2.19 bits per heavy atom. The maximum atomic E-state index is 12.0. The van der Waals surface area contributed by atoms with E-state index >= 15 is 0 Å². The number of aromatic nitrogens is 2. The van der Waals surface area contributed by atoms with Crippen LogP contribution in [0.5, 0.6) is 0 Å². The molecule has 2 aromatic rings. The molecule has 1 aromatic heterocycles. The first kappa shape index (κ1) is 15.3. The Kier molecular flexibility index (Phi) is 4.81. The van der Waals surface area contributed by atoms with E-state index in [0.29, 0.717) is 17.9 Å². The molecule has 0 radical (unpaired) electrons. The van der Waals surface area contributed by atoms with Crippen LogP contribution in [0.15, 0.2) is 41.6 Å². The number of nitrogens with zero attached hydrogens (tertiary/aromatic N) is 2. The van der Waals surface area contributed by atoms with Gasteiger partial charge in [0, 0.05) is 31.2 Å². The molecule has 8 heteroatoms. The normalized spacial score (nSPS) is 11.5. The lowest BCUT2D eigenvalue weighted by atomic mass is 10.2. The lowest BCUT2D eigenvalue weighted by Gasteiger charge is -2.13. The van der Waals surface area contributed by atoms with Crippen molar-refractivity contribution >= 4 is 21.4 Å². The van der Waals surface area contributed by atoms with E-state index < -0.39 is 10.0 Å². The van der Waals surface area contributed by atoms with Gasteiger partial charge >= 0.3 is 0 Å². The maximum Gasteiger partial charge on any atom is 0.242 e. The molecular formula is C13H19N5O2S. The summed E-state index contributed by atoms with van der Waals surface area (Å²) in [4.78, 5) is 0.157. The third kappa shape index (κ3) is 3.96. The van der Waals surface area contributed by atoms with E-state index in [2.05, 4.69) is 15.1 Å². The number of hydrogen-bond acceptors (Lipinski definition) is 5. The number of hydrogen-bond donors (Lipinski definition) is 3. The SMILES string of the molecule is CNS(=O)(=O)c1cc(N)ccc1NCCCn1cccn1. The fourth-order valence-electron chi connectivity index (χ4n) is 1.91. The van der Waals surface area contributed by atoms with Crippen molar-refractivity contribution in [3.05, 3.63) is 36.7 Å². The van der Waals surface area contributed by atoms with Crippen LogP contribution < -0.4 is 15.8 Å². The van der Waals surface area contributed by atoms with Crippen molar-refractivity contribution in [1.82, 2.24) is 14.5 Å². The highest BCUT2D eigenvalue weighted by Crippen LogP contribution is 2.23. The minimum atomic E-state index is -3.54. The number of anilines is 2. The first-order valence-corrected chi connectivity index (χ1v) is 8.05. The molecule has 1 heterocycles. The zero-order valence-corrected chi connectivity index (χ0v) is 12.6. The van der Waals surface area contributed by atoms with E-state index in [1.54, 1.807) is 18.3 Å². The van der Waals surface area contributed by atoms with Gasteiger partial charge in [-0.3, -0.25) is 4.68 Å². The highest BCUT2D eigenvalue weighted by Gasteiger charge is 2.16. The first-order chi connectivity index (χ1) is 10.0. The molecule has 0 atom stereocenters. The standard InChI is InChI=1S/C13H19N5O2S/c1-15-21(19,20)13-10-11(14)4-5-12(13)16-6-2-8-18-9-3-7-17-18/h3-5,7,9-10,15-16H,2,6,8,14H2,1H3. The van der Waals surface area contributed by atoms with Gasteiger partial charge in [0.15, 0.2) is 0 Å². The number of nitrogen functional groups attached to an aromatic ring is 1. The Morgan fingerprint density at radius 1 is 1.38 bits per heavy atom. The molecule has 0 aliphatic rings. The molecule has 0 bridgehead atoms. The summed E-state index contributed by atoms with van der Waals surface area (Å²) in [6.07, 6.45) is 4.44. The Morgan fingerprint density at radius 3 is 2.86 bits per heavy atom. The molecule has 0 aliphatic carbocycles. The average molecular weight is 309 g/mol. The van der Waals surface area contributed by atoms with Crippen LogP contribution in [0.2, 0.25) is 0 Å². The quantitative estimate of drug-likeness (QED) is 0.520. The van der Waals surface area contributed by atoms with Crippen molar-refractivity contribution in [3.8, 4) is 0 Å². The number of rotatable bonds is 7. The van der Waals surface area contributed by atoms with Gasteiger partial charge in [0.1, 0.15) is 4.90 Å². The van der Waals surface area contributed by atoms with Crippen molar-refractivity contribution in [3.63, 3.8) is 0 Å². The summed E-state index contributed by atoms with van der Waals surface area (Å²) >= 11 is 0. The van der Waals surface area contributed by atoms with Gasteiger partial charge in [-0.25, -0.2) is 13.1 Å². The summed E-state index contributed by atoms with van der Waals surface area (Å²) in [5.74, 6) is 0. The zero-order chi connectivity index (χ0) is 15.3. The largest absolute Gasteiger partial charge is 0.399 e. The number of nitrogens with two attached hydrogens (primary N) is 1. The zero-order valence-electron chi connectivity index (χ0n) is 11.8. The van der Waals surface area contributed by atoms with Crippen LogP contribution in [0.25, 0.3) is 0 Å². The van der Waals surface area contributed by atoms with E-state index in [4.69, 9.17) is 5.73 Å². The fraction of sp³-hybridized carbons (Fsp3) is 0.308. The second-order valence-electron chi connectivity index (χ2n) is 4.51.